The number of nitrogens with zero attached hydrogens (tertiary/aromatic N) is 4. The van der Waals surface area contributed by atoms with Crippen LogP contribution in [0, 0.1) is 17.0 Å². The highest BCUT2D eigenvalue weighted by molar-refractivity contribution is 9.10. The Bertz CT molecular complexity index is 552. The van der Waals surface area contributed by atoms with Crippen LogP contribution < -0.4 is 0 Å². The molecule has 82 valence electrons. The summed E-state index contributed by atoms with van der Waals surface area (Å²) in [5.74, 6) is -0.213. The van der Waals surface area contributed by atoms with Crippen molar-refractivity contribution in [1.29, 1.82) is 0 Å². The molecule has 2 aromatic rings. The number of rotatable bonds is 2. The summed E-state index contributed by atoms with van der Waals surface area (Å²) in [7, 11) is 0. The molecule has 0 aromatic carbocycles. The van der Waals surface area contributed by atoms with Crippen LogP contribution in [0.15, 0.2) is 29.0 Å². The lowest BCUT2D eigenvalue weighted by atomic mass is 10.3. The molecule has 16 heavy (non-hydrogen) atoms. The third kappa shape index (κ3) is 1.81. The van der Waals surface area contributed by atoms with E-state index in [0.29, 0.717) is 10.2 Å². The molecular weight excluding hydrogens is 276 g/mol. The van der Waals surface area contributed by atoms with Crippen molar-refractivity contribution < 1.29 is 4.92 Å². The topological polar surface area (TPSA) is 73.8 Å². The number of aromatic nitrogens is 3. The van der Waals surface area contributed by atoms with Crippen LogP contribution in [0.25, 0.3) is 5.69 Å². The molecule has 0 bridgehead atoms. The van der Waals surface area contributed by atoms with Crippen LogP contribution in [0.2, 0.25) is 0 Å². The van der Waals surface area contributed by atoms with E-state index >= 15 is 0 Å². The van der Waals surface area contributed by atoms with Crippen molar-refractivity contribution in [3.8, 4) is 5.69 Å². The fraction of sp³-hybridized carbons (Fsp3) is 0.111. The van der Waals surface area contributed by atoms with Crippen molar-refractivity contribution in [3.05, 3.63) is 44.8 Å². The van der Waals surface area contributed by atoms with E-state index in [1.165, 1.54) is 10.9 Å². The first-order valence-corrected chi connectivity index (χ1v) is 5.20. The zero-order chi connectivity index (χ0) is 11.7. The first-order valence-electron chi connectivity index (χ1n) is 4.40. The van der Waals surface area contributed by atoms with Gasteiger partial charge in [-0.15, -0.1) is 0 Å². The Morgan fingerprint density at radius 2 is 2.31 bits per heavy atom. The molecule has 0 saturated carbocycles. The molecule has 0 N–H and O–H groups in total. The van der Waals surface area contributed by atoms with Crippen LogP contribution >= 0.6 is 15.9 Å². The van der Waals surface area contributed by atoms with E-state index in [9.17, 15) is 10.1 Å². The van der Waals surface area contributed by atoms with E-state index < -0.39 is 4.92 Å². The minimum absolute atomic E-state index is 0.213. The van der Waals surface area contributed by atoms with Crippen LogP contribution in [0.3, 0.4) is 0 Å². The van der Waals surface area contributed by atoms with Crippen molar-refractivity contribution in [2.45, 2.75) is 6.92 Å². The summed E-state index contributed by atoms with van der Waals surface area (Å²) < 4.78 is 2.15. The Balaban J connectivity index is 2.67. The first-order chi connectivity index (χ1) is 7.59. The van der Waals surface area contributed by atoms with E-state index in [0.717, 1.165) is 5.69 Å². The van der Waals surface area contributed by atoms with E-state index in [-0.39, 0.29) is 5.82 Å². The van der Waals surface area contributed by atoms with Crippen LogP contribution in [0.1, 0.15) is 5.69 Å². The van der Waals surface area contributed by atoms with E-state index in [4.69, 9.17) is 0 Å². The summed E-state index contributed by atoms with van der Waals surface area (Å²) in [6, 6.07) is 3.38. The van der Waals surface area contributed by atoms with Crippen LogP contribution in [-0.4, -0.2) is 19.7 Å². The van der Waals surface area contributed by atoms with Crippen molar-refractivity contribution in [1.82, 2.24) is 14.8 Å². The molecule has 0 aliphatic carbocycles. The number of hydrogen-bond donors (Lipinski definition) is 0. The Morgan fingerprint density at radius 3 is 2.88 bits per heavy atom. The molecule has 0 radical (unpaired) electrons. The predicted molar refractivity (Wildman–Crippen MR) is 60.5 cm³/mol. The summed E-state index contributed by atoms with van der Waals surface area (Å²) in [4.78, 5) is 14.1. The van der Waals surface area contributed by atoms with E-state index in [2.05, 4.69) is 26.0 Å². The molecule has 0 atom stereocenters. The largest absolute Gasteiger partial charge is 0.389 e. The second-order valence-corrected chi connectivity index (χ2v) is 4.05. The van der Waals surface area contributed by atoms with Gasteiger partial charge < -0.3 is 10.1 Å². The molecule has 6 nitrogen and oxygen atoms in total. The Kier molecular flexibility index (Phi) is 2.69. The maximum Gasteiger partial charge on any atom is 0.389 e. The molecule has 0 amide bonds. The Hall–Kier alpha value is -1.76. The molecule has 2 aromatic heterocycles. The highest BCUT2D eigenvalue weighted by Crippen LogP contribution is 2.24. The van der Waals surface area contributed by atoms with Crippen molar-refractivity contribution in [3.63, 3.8) is 0 Å². The number of hydrogen-bond acceptors (Lipinski definition) is 4. The van der Waals surface area contributed by atoms with Gasteiger partial charge in [-0.05, 0) is 44.9 Å². The summed E-state index contributed by atoms with van der Waals surface area (Å²) in [5.41, 5.74) is 1.16. The van der Waals surface area contributed by atoms with Gasteiger partial charge in [0.1, 0.15) is 0 Å². The molecule has 2 rings (SSSR count). The molecular formula is C9H7BrN4O2. The molecule has 7 heteroatoms. The second-order valence-electron chi connectivity index (χ2n) is 3.14. The van der Waals surface area contributed by atoms with Gasteiger partial charge in [0.25, 0.3) is 0 Å². The quantitative estimate of drug-likeness (QED) is 0.625. The minimum atomic E-state index is -0.525. The lowest BCUT2D eigenvalue weighted by Gasteiger charge is -2.04. The summed E-state index contributed by atoms with van der Waals surface area (Å²) in [5, 5.41) is 14.8. The average molecular weight is 283 g/mol. The summed E-state index contributed by atoms with van der Waals surface area (Å²) in [6.07, 6.45) is 2.97. The molecule has 0 aliphatic rings. The SMILES string of the molecule is Cc1ccnn1-c1cc(Br)cnc1[N+](=O)[O-]. The van der Waals surface area contributed by atoms with Crippen LogP contribution in [-0.2, 0) is 0 Å². The number of aryl methyl sites for hydroxylation is 1. The zero-order valence-corrected chi connectivity index (χ0v) is 9.88. The second kappa shape index (κ2) is 4.01. The van der Waals surface area contributed by atoms with Gasteiger partial charge >= 0.3 is 5.82 Å². The van der Waals surface area contributed by atoms with Crippen molar-refractivity contribution in [2.24, 2.45) is 0 Å². The third-order valence-corrected chi connectivity index (χ3v) is 2.48. The maximum atomic E-state index is 10.8. The lowest BCUT2D eigenvalue weighted by Crippen LogP contribution is -2.05. The fourth-order valence-electron chi connectivity index (χ4n) is 1.34. The summed E-state index contributed by atoms with van der Waals surface area (Å²) >= 11 is 3.23. The predicted octanol–water partition coefficient (Wildman–Crippen LogP) is 2.25. The minimum Gasteiger partial charge on any atom is -0.358 e. The monoisotopic (exact) mass is 282 g/mol. The van der Waals surface area contributed by atoms with Crippen LogP contribution in [0.5, 0.6) is 0 Å². The molecule has 0 spiro atoms. The van der Waals surface area contributed by atoms with Gasteiger partial charge in [-0.3, -0.25) is 0 Å². The normalized spacial score (nSPS) is 10.4. The van der Waals surface area contributed by atoms with Gasteiger partial charge in [0, 0.05) is 11.9 Å². The molecule has 0 aliphatic heterocycles. The van der Waals surface area contributed by atoms with Gasteiger partial charge in [0.2, 0.25) is 0 Å². The third-order valence-electron chi connectivity index (χ3n) is 2.05. The smallest absolute Gasteiger partial charge is 0.358 e. The van der Waals surface area contributed by atoms with Gasteiger partial charge in [-0.2, -0.15) is 5.10 Å². The van der Waals surface area contributed by atoms with Crippen LogP contribution in [0.4, 0.5) is 5.82 Å². The molecule has 2 heterocycles. The van der Waals surface area contributed by atoms with Gasteiger partial charge in [0.15, 0.2) is 11.9 Å². The number of halogens is 1. The van der Waals surface area contributed by atoms with E-state index in [1.807, 2.05) is 6.92 Å². The standard InChI is InChI=1S/C9H7BrN4O2/c1-6-2-3-12-13(6)8-4-7(10)5-11-9(8)14(15)16/h2-5H,1H3. The lowest BCUT2D eigenvalue weighted by molar-refractivity contribution is -0.389. The Morgan fingerprint density at radius 1 is 1.56 bits per heavy atom. The van der Waals surface area contributed by atoms with Gasteiger partial charge in [-0.1, -0.05) is 0 Å². The molecule has 0 unspecified atom stereocenters. The summed E-state index contributed by atoms with van der Waals surface area (Å²) in [6.45, 7) is 1.82. The van der Waals surface area contributed by atoms with E-state index in [1.54, 1.807) is 18.3 Å². The highest BCUT2D eigenvalue weighted by atomic mass is 79.9. The first kappa shape index (κ1) is 10.7. The zero-order valence-electron chi connectivity index (χ0n) is 8.29. The van der Waals surface area contributed by atoms with Crippen molar-refractivity contribution >= 4 is 21.7 Å². The Labute approximate surface area is 99.2 Å². The van der Waals surface area contributed by atoms with Gasteiger partial charge in [0.05, 0.1) is 4.47 Å². The average Bonchev–Trinajstić information content (AvgIpc) is 2.63. The number of nitro groups is 1. The van der Waals surface area contributed by atoms with Crippen molar-refractivity contribution in [2.75, 3.05) is 0 Å². The highest BCUT2D eigenvalue weighted by Gasteiger charge is 2.18. The fourth-order valence-corrected chi connectivity index (χ4v) is 1.66. The van der Waals surface area contributed by atoms with Gasteiger partial charge in [-0.25, -0.2) is 4.68 Å². The maximum absolute atomic E-state index is 10.8. The molecule has 0 saturated heterocycles. The number of pyridine rings is 1. The molecule has 0 fully saturated rings.